The molecule has 2 amide bonds. The van der Waals surface area contributed by atoms with Gasteiger partial charge in [-0.05, 0) is 38.5 Å². The van der Waals surface area contributed by atoms with E-state index in [0.29, 0.717) is 45.2 Å². The largest absolute Gasteiger partial charge is 0.356 e. The van der Waals surface area contributed by atoms with Crippen LogP contribution in [0.25, 0.3) is 0 Å². The second-order valence-electron chi connectivity index (χ2n) is 9.45. The zero-order valence-corrected chi connectivity index (χ0v) is 20.4. The van der Waals surface area contributed by atoms with Crippen molar-refractivity contribution in [2.45, 2.75) is 118 Å². The van der Waals surface area contributed by atoms with Gasteiger partial charge in [0.05, 0.1) is 0 Å². The van der Waals surface area contributed by atoms with E-state index >= 15 is 0 Å². The fourth-order valence-electron chi connectivity index (χ4n) is 3.14. The van der Waals surface area contributed by atoms with Gasteiger partial charge in [-0.1, -0.05) is 47.0 Å². The minimum absolute atomic E-state index is 0.0741. The van der Waals surface area contributed by atoms with Crippen LogP contribution in [0.2, 0.25) is 0 Å². The molecule has 0 heterocycles. The lowest BCUT2D eigenvalue weighted by molar-refractivity contribution is -0.127. The number of hydrogen-bond donors (Lipinski definition) is 2. The maximum absolute atomic E-state index is 11.8. The van der Waals surface area contributed by atoms with Crippen molar-refractivity contribution >= 4 is 23.4 Å². The number of Topliss-reactive ketones (excluding diaryl/α,β-unsaturated/α-hetero) is 2. The first kappa shape index (κ1) is 29.3. The number of nitrogens with one attached hydrogen (secondary N) is 2. The van der Waals surface area contributed by atoms with E-state index in [-0.39, 0.29) is 28.8 Å². The van der Waals surface area contributed by atoms with E-state index < -0.39 is 0 Å². The molecule has 0 aliphatic carbocycles. The number of unbranched alkanes of at least 4 members (excludes halogenated alkanes) is 6. The Kier molecular flexibility index (Phi) is 16.9. The average Bonchev–Trinajstić information content (AvgIpc) is 2.71. The number of rotatable bonds is 19. The van der Waals surface area contributed by atoms with Gasteiger partial charge in [0.1, 0.15) is 11.6 Å². The zero-order valence-electron chi connectivity index (χ0n) is 20.4. The Bertz CT molecular complexity index is 538. The third-order valence-electron chi connectivity index (χ3n) is 5.40. The second-order valence-corrected chi connectivity index (χ2v) is 9.45. The molecule has 0 aromatic heterocycles. The Morgan fingerprint density at radius 2 is 1.00 bits per heavy atom. The van der Waals surface area contributed by atoms with Crippen molar-refractivity contribution in [1.29, 1.82) is 0 Å². The second kappa shape index (κ2) is 17.9. The van der Waals surface area contributed by atoms with Crippen LogP contribution in [-0.2, 0) is 19.2 Å². The predicted octanol–water partition coefficient (Wildman–Crippen LogP) is 4.88. The van der Waals surface area contributed by atoms with Crippen LogP contribution in [0.1, 0.15) is 118 Å². The van der Waals surface area contributed by atoms with Gasteiger partial charge in [-0.3, -0.25) is 19.2 Å². The number of carbonyl (C=O) groups excluding carboxylic acids is 4. The Morgan fingerprint density at radius 3 is 1.45 bits per heavy atom. The summed E-state index contributed by atoms with van der Waals surface area (Å²) in [5.74, 6) is 0.677. The van der Waals surface area contributed by atoms with E-state index in [4.69, 9.17) is 0 Å². The third kappa shape index (κ3) is 18.7. The molecule has 0 radical (unpaired) electrons. The zero-order chi connectivity index (χ0) is 23.5. The van der Waals surface area contributed by atoms with Crippen LogP contribution in [0.15, 0.2) is 0 Å². The molecule has 0 spiro atoms. The van der Waals surface area contributed by atoms with Crippen LogP contribution >= 0.6 is 0 Å². The van der Waals surface area contributed by atoms with E-state index in [1.807, 2.05) is 27.7 Å². The highest BCUT2D eigenvalue weighted by Gasteiger charge is 2.20. The molecule has 0 saturated heterocycles. The van der Waals surface area contributed by atoms with Crippen LogP contribution in [0, 0.1) is 5.41 Å². The molecule has 31 heavy (non-hydrogen) atoms. The minimum Gasteiger partial charge on any atom is -0.356 e. The summed E-state index contributed by atoms with van der Waals surface area (Å²) < 4.78 is 0. The number of amides is 2. The molecule has 0 rings (SSSR count). The third-order valence-corrected chi connectivity index (χ3v) is 5.40. The van der Waals surface area contributed by atoms with E-state index in [0.717, 1.165) is 57.8 Å². The van der Waals surface area contributed by atoms with Crippen LogP contribution in [-0.4, -0.2) is 36.5 Å². The Labute approximate surface area is 189 Å². The van der Waals surface area contributed by atoms with Crippen LogP contribution in [0.5, 0.6) is 0 Å². The summed E-state index contributed by atoms with van der Waals surface area (Å²) in [4.78, 5) is 46.6. The van der Waals surface area contributed by atoms with Gasteiger partial charge in [-0.15, -0.1) is 0 Å². The topological polar surface area (TPSA) is 92.3 Å². The van der Waals surface area contributed by atoms with Crippen LogP contribution < -0.4 is 10.6 Å². The highest BCUT2D eigenvalue weighted by molar-refractivity contribution is 5.83. The number of carbonyl (C=O) groups is 4. The molecule has 6 heteroatoms. The summed E-state index contributed by atoms with van der Waals surface area (Å²) in [5.41, 5.74) is -0.287. The fraction of sp³-hybridized carbons (Fsp3) is 0.840. The monoisotopic (exact) mass is 438 g/mol. The molecule has 6 nitrogen and oxygen atoms in total. The molecule has 0 atom stereocenters. The summed E-state index contributed by atoms with van der Waals surface area (Å²) >= 11 is 0. The Morgan fingerprint density at radius 1 is 0.581 bits per heavy atom. The normalized spacial score (nSPS) is 11.2. The first-order chi connectivity index (χ1) is 14.7. The lowest BCUT2D eigenvalue weighted by atomic mass is 9.88. The maximum atomic E-state index is 11.8. The molecule has 0 fully saturated rings. The van der Waals surface area contributed by atoms with Gasteiger partial charge in [0.2, 0.25) is 11.8 Å². The summed E-state index contributed by atoms with van der Waals surface area (Å²) in [5, 5.41) is 5.89. The minimum atomic E-state index is -0.287. The standard InChI is InChI=1S/C25H46N2O4/c1-5-21(28)15-9-11-17-23(30)26-19-13-7-6-8-14-20-27-24(31)18-12-10-16-22(29)25(2,3)4/h5-20H2,1-4H3,(H,26,30)(H,27,31). The van der Waals surface area contributed by atoms with Gasteiger partial charge in [0.15, 0.2) is 0 Å². The Balaban J connectivity index is 3.42. The molecule has 2 N–H and O–H groups in total. The fourth-order valence-corrected chi connectivity index (χ4v) is 3.14. The number of ketones is 2. The molecular weight excluding hydrogens is 392 g/mol. The molecular formula is C25H46N2O4. The van der Waals surface area contributed by atoms with Crippen LogP contribution in [0.3, 0.4) is 0 Å². The highest BCUT2D eigenvalue weighted by Crippen LogP contribution is 2.18. The molecule has 0 aromatic carbocycles. The van der Waals surface area contributed by atoms with Crippen molar-refractivity contribution in [3.63, 3.8) is 0 Å². The van der Waals surface area contributed by atoms with Crippen molar-refractivity contribution in [2.24, 2.45) is 5.41 Å². The molecule has 0 bridgehead atoms. The molecule has 0 aliphatic rings. The smallest absolute Gasteiger partial charge is 0.219 e. The van der Waals surface area contributed by atoms with Crippen molar-refractivity contribution in [3.05, 3.63) is 0 Å². The average molecular weight is 439 g/mol. The van der Waals surface area contributed by atoms with Gasteiger partial charge in [-0.2, -0.15) is 0 Å². The summed E-state index contributed by atoms with van der Waals surface area (Å²) in [7, 11) is 0. The maximum Gasteiger partial charge on any atom is 0.219 e. The number of hydrogen-bond acceptors (Lipinski definition) is 4. The summed E-state index contributed by atoms with van der Waals surface area (Å²) in [6, 6.07) is 0. The van der Waals surface area contributed by atoms with Crippen molar-refractivity contribution in [3.8, 4) is 0 Å². The van der Waals surface area contributed by atoms with E-state index in [9.17, 15) is 19.2 Å². The van der Waals surface area contributed by atoms with E-state index in [2.05, 4.69) is 10.6 Å². The van der Waals surface area contributed by atoms with Gasteiger partial charge < -0.3 is 10.6 Å². The first-order valence-electron chi connectivity index (χ1n) is 12.2. The molecule has 0 saturated carbocycles. The molecule has 0 unspecified atom stereocenters. The van der Waals surface area contributed by atoms with E-state index in [1.165, 1.54) is 0 Å². The molecule has 0 aromatic rings. The predicted molar refractivity (Wildman–Crippen MR) is 126 cm³/mol. The lowest BCUT2D eigenvalue weighted by Gasteiger charge is -2.16. The van der Waals surface area contributed by atoms with E-state index in [1.54, 1.807) is 0 Å². The summed E-state index contributed by atoms with van der Waals surface area (Å²) in [6.07, 6.45) is 11.0. The molecule has 180 valence electrons. The Hall–Kier alpha value is -1.72. The summed E-state index contributed by atoms with van der Waals surface area (Å²) in [6.45, 7) is 9.07. The molecule has 0 aliphatic heterocycles. The highest BCUT2D eigenvalue weighted by atomic mass is 16.2. The van der Waals surface area contributed by atoms with Gasteiger partial charge in [0.25, 0.3) is 0 Å². The lowest BCUT2D eigenvalue weighted by Crippen LogP contribution is -2.24. The van der Waals surface area contributed by atoms with Gasteiger partial charge in [-0.25, -0.2) is 0 Å². The van der Waals surface area contributed by atoms with Crippen molar-refractivity contribution in [1.82, 2.24) is 10.6 Å². The van der Waals surface area contributed by atoms with Crippen LogP contribution in [0.4, 0.5) is 0 Å². The van der Waals surface area contributed by atoms with Gasteiger partial charge >= 0.3 is 0 Å². The van der Waals surface area contributed by atoms with Crippen molar-refractivity contribution < 1.29 is 19.2 Å². The van der Waals surface area contributed by atoms with Gasteiger partial charge in [0, 0.05) is 50.6 Å². The SMILES string of the molecule is CCC(=O)CCCCC(=O)NCCCCCCCNC(=O)CCCCC(=O)C(C)(C)C. The van der Waals surface area contributed by atoms with Crippen molar-refractivity contribution in [2.75, 3.05) is 13.1 Å². The quantitative estimate of drug-likeness (QED) is 0.281. The first-order valence-corrected chi connectivity index (χ1v) is 12.2.